The average Bonchev–Trinajstić information content (AvgIpc) is 2.69. The highest BCUT2D eigenvalue weighted by Crippen LogP contribution is 2.30. The number of hydrogen-bond acceptors (Lipinski definition) is 5. The van der Waals surface area contributed by atoms with Crippen LogP contribution in [0.2, 0.25) is 5.02 Å². The van der Waals surface area contributed by atoms with Gasteiger partial charge in [-0.1, -0.05) is 17.5 Å². The normalized spacial score (nSPS) is 16.3. The maximum Gasteiger partial charge on any atom is 0.301 e. The van der Waals surface area contributed by atoms with Crippen molar-refractivity contribution in [2.24, 2.45) is 5.92 Å². The third-order valence-corrected chi connectivity index (χ3v) is 4.34. The minimum absolute atomic E-state index is 0.214. The number of methoxy groups -OCH3 is 1. The number of carbonyl (C=O) groups is 1. The number of ether oxygens (including phenoxy) is 1. The van der Waals surface area contributed by atoms with Crippen LogP contribution in [0.25, 0.3) is 11.1 Å². The van der Waals surface area contributed by atoms with Gasteiger partial charge in [0.1, 0.15) is 11.6 Å². The number of hydrogen-bond donors (Lipinski definition) is 2. The largest absolute Gasteiger partial charge is 0.495 e. The first-order valence-corrected chi connectivity index (χ1v) is 8.71. The lowest BCUT2D eigenvalue weighted by molar-refractivity contribution is -0.111. The maximum absolute atomic E-state index is 12.1. The molecule has 0 spiro atoms. The molecule has 1 fully saturated rings. The van der Waals surface area contributed by atoms with Gasteiger partial charge >= 0.3 is 5.91 Å². The Morgan fingerprint density at radius 3 is 3.04 bits per heavy atom. The average molecular weight is 371 g/mol. The minimum Gasteiger partial charge on any atom is -0.495 e. The molecule has 2 aromatic heterocycles. The number of nitrogens with one attached hydrogen (secondary N) is 2. The molecule has 2 N–H and O–H groups in total. The number of rotatable bonds is 3. The van der Waals surface area contributed by atoms with E-state index in [1.165, 1.54) is 6.20 Å². The second-order valence-corrected chi connectivity index (χ2v) is 6.34. The van der Waals surface area contributed by atoms with Crippen LogP contribution in [0.4, 0.5) is 5.82 Å². The molecule has 0 radical (unpaired) electrons. The van der Waals surface area contributed by atoms with Crippen LogP contribution in [0.15, 0.2) is 30.7 Å². The van der Waals surface area contributed by atoms with Crippen molar-refractivity contribution in [2.45, 2.75) is 12.8 Å². The summed E-state index contributed by atoms with van der Waals surface area (Å²) in [5.41, 5.74) is 1.47. The van der Waals surface area contributed by atoms with Crippen molar-refractivity contribution < 1.29 is 9.53 Å². The van der Waals surface area contributed by atoms with Gasteiger partial charge in [-0.25, -0.2) is 4.98 Å². The smallest absolute Gasteiger partial charge is 0.301 e. The van der Waals surface area contributed by atoms with E-state index in [1.54, 1.807) is 25.6 Å². The molecule has 134 valence electrons. The number of piperidine rings is 1. The molecule has 2 aromatic rings. The van der Waals surface area contributed by atoms with E-state index in [-0.39, 0.29) is 11.8 Å². The van der Waals surface area contributed by atoms with Gasteiger partial charge in [0, 0.05) is 36.0 Å². The molecular formula is C19H19ClN4O2. The Labute approximate surface area is 157 Å². The molecule has 0 aromatic carbocycles. The number of carbonyl (C=O) groups excluding carboxylic acids is 1. The third-order valence-electron chi connectivity index (χ3n) is 4.04. The molecule has 7 heteroatoms. The van der Waals surface area contributed by atoms with E-state index in [0.29, 0.717) is 22.2 Å². The van der Waals surface area contributed by atoms with Gasteiger partial charge in [-0.3, -0.25) is 15.1 Å². The summed E-state index contributed by atoms with van der Waals surface area (Å²) < 4.78 is 5.19. The van der Waals surface area contributed by atoms with Crippen LogP contribution in [0.1, 0.15) is 12.8 Å². The predicted molar refractivity (Wildman–Crippen MR) is 101 cm³/mol. The number of halogens is 1. The van der Waals surface area contributed by atoms with Crippen molar-refractivity contribution >= 4 is 23.3 Å². The molecule has 0 bridgehead atoms. The Morgan fingerprint density at radius 1 is 1.38 bits per heavy atom. The predicted octanol–water partition coefficient (Wildman–Crippen LogP) is 2.75. The van der Waals surface area contributed by atoms with Gasteiger partial charge in [-0.2, -0.15) is 0 Å². The van der Waals surface area contributed by atoms with E-state index >= 15 is 0 Å². The molecule has 26 heavy (non-hydrogen) atoms. The van der Waals surface area contributed by atoms with Crippen LogP contribution in [-0.2, 0) is 4.79 Å². The molecule has 3 heterocycles. The summed E-state index contributed by atoms with van der Waals surface area (Å²) in [4.78, 5) is 20.3. The fourth-order valence-corrected chi connectivity index (χ4v) is 2.91. The molecule has 0 saturated carbocycles. The van der Waals surface area contributed by atoms with Crippen molar-refractivity contribution in [3.63, 3.8) is 0 Å². The molecule has 1 amide bonds. The highest BCUT2D eigenvalue weighted by atomic mass is 35.5. The van der Waals surface area contributed by atoms with Gasteiger partial charge in [0.2, 0.25) is 0 Å². The maximum atomic E-state index is 12.1. The molecule has 1 saturated heterocycles. The van der Waals surface area contributed by atoms with Crippen LogP contribution in [0, 0.1) is 17.8 Å². The second kappa shape index (κ2) is 8.65. The zero-order chi connectivity index (χ0) is 18.4. The van der Waals surface area contributed by atoms with Gasteiger partial charge in [0.25, 0.3) is 0 Å². The fraction of sp³-hybridized carbons (Fsp3) is 0.316. The number of nitrogens with zero attached hydrogens (tertiary/aromatic N) is 2. The Kier molecular flexibility index (Phi) is 6.05. The van der Waals surface area contributed by atoms with Gasteiger partial charge < -0.3 is 10.1 Å². The summed E-state index contributed by atoms with van der Waals surface area (Å²) in [6.07, 6.45) is 6.86. The van der Waals surface area contributed by atoms with Crippen molar-refractivity contribution in [1.29, 1.82) is 0 Å². The summed E-state index contributed by atoms with van der Waals surface area (Å²) in [6, 6.07) is 3.51. The fourth-order valence-electron chi connectivity index (χ4n) is 2.70. The molecule has 6 nitrogen and oxygen atoms in total. The summed E-state index contributed by atoms with van der Waals surface area (Å²) in [7, 11) is 1.57. The molecule has 1 aliphatic heterocycles. The zero-order valence-electron chi connectivity index (χ0n) is 14.4. The molecule has 0 aliphatic carbocycles. The number of amides is 1. The first-order valence-electron chi connectivity index (χ1n) is 8.34. The summed E-state index contributed by atoms with van der Waals surface area (Å²) in [5, 5.41) is 6.42. The lowest BCUT2D eigenvalue weighted by Crippen LogP contribution is -2.29. The van der Waals surface area contributed by atoms with Gasteiger partial charge in [0.05, 0.1) is 18.3 Å². The van der Waals surface area contributed by atoms with Gasteiger partial charge in [-0.05, 0) is 37.4 Å². The van der Waals surface area contributed by atoms with Crippen LogP contribution in [-0.4, -0.2) is 36.1 Å². The summed E-state index contributed by atoms with van der Waals surface area (Å²) in [6.45, 7) is 1.84. The standard InChI is InChI=1S/C19H19ClN4O2/c1-26-15-7-14(10-22-11-15)16-8-18(23-12-17(16)20)24-19(25)5-4-13-3-2-6-21-9-13/h7-8,10-13,21H,2-3,6,9H2,1H3,(H,23,24,25). The summed E-state index contributed by atoms with van der Waals surface area (Å²) >= 11 is 6.25. The van der Waals surface area contributed by atoms with E-state index in [0.717, 1.165) is 31.5 Å². The van der Waals surface area contributed by atoms with Gasteiger partial charge in [-0.15, -0.1) is 0 Å². The van der Waals surface area contributed by atoms with Crippen LogP contribution in [0.5, 0.6) is 5.75 Å². The first kappa shape index (κ1) is 18.2. The van der Waals surface area contributed by atoms with Crippen molar-refractivity contribution in [3.05, 3.63) is 35.7 Å². The molecule has 3 rings (SSSR count). The SMILES string of the molecule is COc1cncc(-c2cc(NC(=O)C#CC3CCCNC3)ncc2Cl)c1. The molecule has 1 aliphatic rings. The monoisotopic (exact) mass is 370 g/mol. The molecule has 1 atom stereocenters. The second-order valence-electron chi connectivity index (χ2n) is 5.93. The Balaban J connectivity index is 1.74. The highest BCUT2D eigenvalue weighted by molar-refractivity contribution is 6.33. The molecule has 1 unspecified atom stereocenters. The lowest BCUT2D eigenvalue weighted by Gasteiger charge is -2.17. The Morgan fingerprint density at radius 2 is 2.27 bits per heavy atom. The van der Waals surface area contributed by atoms with Crippen LogP contribution in [0.3, 0.4) is 0 Å². The van der Waals surface area contributed by atoms with Crippen LogP contribution >= 0.6 is 11.6 Å². The van der Waals surface area contributed by atoms with E-state index in [9.17, 15) is 4.79 Å². The van der Waals surface area contributed by atoms with Crippen molar-refractivity contribution in [1.82, 2.24) is 15.3 Å². The van der Waals surface area contributed by atoms with Crippen molar-refractivity contribution in [3.8, 4) is 28.7 Å². The van der Waals surface area contributed by atoms with E-state index in [2.05, 4.69) is 32.4 Å². The van der Waals surface area contributed by atoms with E-state index in [4.69, 9.17) is 16.3 Å². The zero-order valence-corrected chi connectivity index (χ0v) is 15.1. The topological polar surface area (TPSA) is 76.1 Å². The first-order chi connectivity index (χ1) is 12.7. The number of pyridine rings is 2. The number of anilines is 1. The minimum atomic E-state index is -0.389. The Hall–Kier alpha value is -2.62. The van der Waals surface area contributed by atoms with Crippen LogP contribution < -0.4 is 15.4 Å². The third kappa shape index (κ3) is 4.72. The number of aromatic nitrogens is 2. The lowest BCUT2D eigenvalue weighted by atomic mass is 10.0. The van der Waals surface area contributed by atoms with Crippen molar-refractivity contribution in [2.75, 3.05) is 25.5 Å². The van der Waals surface area contributed by atoms with Gasteiger partial charge in [0.15, 0.2) is 0 Å². The quantitative estimate of drug-likeness (QED) is 0.812. The van der Waals surface area contributed by atoms with E-state index < -0.39 is 0 Å². The highest BCUT2D eigenvalue weighted by Gasteiger charge is 2.11. The van der Waals surface area contributed by atoms with E-state index in [1.807, 2.05) is 6.07 Å². The summed E-state index contributed by atoms with van der Waals surface area (Å²) in [5.74, 6) is 6.48. The molecular weight excluding hydrogens is 352 g/mol. The Bertz CT molecular complexity index is 854.